The normalized spacial score (nSPS) is 11.9. The predicted octanol–water partition coefficient (Wildman–Crippen LogP) is 13.9. The molecule has 0 unspecified atom stereocenters. The lowest BCUT2D eigenvalue weighted by Crippen LogP contribution is -1.91. The zero-order chi connectivity index (χ0) is 33.5. The lowest BCUT2D eigenvalue weighted by molar-refractivity contribution is 1.35. The molecule has 1 heteroatoms. The molecule has 2 aromatic heterocycles. The highest BCUT2D eigenvalue weighted by Gasteiger charge is 2.20. The van der Waals surface area contributed by atoms with E-state index in [9.17, 15) is 0 Å². The summed E-state index contributed by atoms with van der Waals surface area (Å²) in [5.74, 6) is 0. The minimum atomic E-state index is 1.21. The van der Waals surface area contributed by atoms with Gasteiger partial charge >= 0.3 is 0 Å². The number of nitrogens with zero attached hydrogens (tertiary/aromatic N) is 1. The summed E-state index contributed by atoms with van der Waals surface area (Å²) < 4.78 is 2.50. The Morgan fingerprint density at radius 3 is 1.35 bits per heavy atom. The van der Waals surface area contributed by atoms with Crippen molar-refractivity contribution in [2.45, 2.75) is 0 Å². The molecule has 0 aliphatic carbocycles. The highest BCUT2D eigenvalue weighted by molar-refractivity contribution is 6.26. The second-order valence-electron chi connectivity index (χ2n) is 13.7. The molecule has 0 aliphatic rings. The van der Waals surface area contributed by atoms with E-state index in [2.05, 4.69) is 192 Å². The van der Waals surface area contributed by atoms with Gasteiger partial charge in [0.25, 0.3) is 0 Å². The summed E-state index contributed by atoms with van der Waals surface area (Å²) in [5, 5.41) is 12.9. The maximum atomic E-state index is 2.50. The van der Waals surface area contributed by atoms with Gasteiger partial charge in [0.05, 0.1) is 16.6 Å². The standard InChI is InChI=1S/C50H31N/c1-2-13-32(14-3-1)49-45-28-26-36(31-48(45)51-47-24-11-10-22-43(47)41-21-8-9-23-44(41)50(49)51)34-16-12-15-33(29-34)35-25-27-42-39-19-5-4-17-37(39)38-18-6-7-20-40(38)46(42)30-35/h1-31H. The Balaban J connectivity index is 1.14. The van der Waals surface area contributed by atoms with Gasteiger partial charge in [0.1, 0.15) is 0 Å². The van der Waals surface area contributed by atoms with Gasteiger partial charge in [-0.2, -0.15) is 0 Å². The largest absolute Gasteiger partial charge is 0.308 e. The molecule has 0 saturated heterocycles. The van der Waals surface area contributed by atoms with Gasteiger partial charge in [-0.25, -0.2) is 0 Å². The molecular formula is C50H31N. The Hall–Kier alpha value is -6.70. The van der Waals surface area contributed by atoms with Crippen molar-refractivity contribution in [1.29, 1.82) is 0 Å². The summed E-state index contributed by atoms with van der Waals surface area (Å²) in [6, 6.07) is 69.2. The van der Waals surface area contributed by atoms with E-state index >= 15 is 0 Å². The first-order valence-corrected chi connectivity index (χ1v) is 17.7. The lowest BCUT2D eigenvalue weighted by atomic mass is 9.91. The van der Waals surface area contributed by atoms with Crippen molar-refractivity contribution in [3.05, 3.63) is 188 Å². The second-order valence-corrected chi connectivity index (χ2v) is 13.7. The molecule has 11 aromatic rings. The van der Waals surface area contributed by atoms with Crippen molar-refractivity contribution in [2.75, 3.05) is 0 Å². The third-order valence-corrected chi connectivity index (χ3v) is 10.9. The first kappa shape index (κ1) is 28.2. The second kappa shape index (κ2) is 10.9. The van der Waals surface area contributed by atoms with Crippen LogP contribution in [0.2, 0.25) is 0 Å². The van der Waals surface area contributed by atoms with Crippen molar-refractivity contribution < 1.29 is 0 Å². The molecule has 0 saturated carbocycles. The van der Waals surface area contributed by atoms with Gasteiger partial charge in [0.2, 0.25) is 0 Å². The summed E-state index contributed by atoms with van der Waals surface area (Å²) in [6.45, 7) is 0. The van der Waals surface area contributed by atoms with Crippen LogP contribution in [0.15, 0.2) is 188 Å². The van der Waals surface area contributed by atoms with Crippen LogP contribution in [0.5, 0.6) is 0 Å². The molecule has 0 bridgehead atoms. The van der Waals surface area contributed by atoms with Crippen LogP contribution in [-0.4, -0.2) is 4.40 Å². The Morgan fingerprint density at radius 1 is 0.235 bits per heavy atom. The SMILES string of the molecule is c1ccc(-c2c3ccc(-c4cccc(-c5ccc6c7ccccc7c7ccccc7c6c5)c4)cc3n3c4ccccc4c4ccccc4c23)cc1. The molecule has 9 aromatic carbocycles. The molecule has 0 fully saturated rings. The maximum Gasteiger partial charge on any atom is 0.0625 e. The van der Waals surface area contributed by atoms with Crippen LogP contribution in [0.4, 0.5) is 0 Å². The Bertz CT molecular complexity index is 3150. The lowest BCUT2D eigenvalue weighted by Gasteiger charge is -2.13. The van der Waals surface area contributed by atoms with Crippen molar-refractivity contribution in [2.24, 2.45) is 0 Å². The monoisotopic (exact) mass is 645 g/mol. The van der Waals surface area contributed by atoms with E-state index in [0.717, 1.165) is 0 Å². The fourth-order valence-corrected chi connectivity index (χ4v) is 8.66. The van der Waals surface area contributed by atoms with Crippen molar-refractivity contribution in [3.63, 3.8) is 0 Å². The molecule has 0 atom stereocenters. The molecule has 0 N–H and O–H groups in total. The van der Waals surface area contributed by atoms with Gasteiger partial charge in [-0.15, -0.1) is 0 Å². The number of pyridine rings is 1. The van der Waals surface area contributed by atoms with Crippen molar-refractivity contribution in [1.82, 2.24) is 4.40 Å². The molecule has 2 heterocycles. The average molecular weight is 646 g/mol. The van der Waals surface area contributed by atoms with Gasteiger partial charge in [0.15, 0.2) is 0 Å². The fourth-order valence-electron chi connectivity index (χ4n) is 8.66. The number of hydrogen-bond acceptors (Lipinski definition) is 0. The molecule has 0 spiro atoms. The topological polar surface area (TPSA) is 4.41 Å². The molecule has 0 radical (unpaired) electrons. The van der Waals surface area contributed by atoms with E-state index in [1.54, 1.807) is 0 Å². The third kappa shape index (κ3) is 4.16. The molecule has 0 aliphatic heterocycles. The highest BCUT2D eigenvalue weighted by atomic mass is 14.9. The summed E-state index contributed by atoms with van der Waals surface area (Å²) in [6.07, 6.45) is 0. The minimum absolute atomic E-state index is 1.21. The Kier molecular flexibility index (Phi) is 6.02. The van der Waals surface area contributed by atoms with Crippen LogP contribution >= 0.6 is 0 Å². The molecule has 11 rings (SSSR count). The number of benzene rings is 9. The van der Waals surface area contributed by atoms with E-state index < -0.39 is 0 Å². The quantitative estimate of drug-likeness (QED) is 0.168. The van der Waals surface area contributed by atoms with Crippen molar-refractivity contribution >= 4 is 70.4 Å². The summed E-state index contributed by atoms with van der Waals surface area (Å²) in [5.41, 5.74) is 11.1. The number of fused-ring (bicyclic) bond motifs is 14. The Morgan fingerprint density at radius 2 is 0.686 bits per heavy atom. The summed E-state index contributed by atoms with van der Waals surface area (Å²) in [7, 11) is 0. The van der Waals surface area contributed by atoms with Gasteiger partial charge in [-0.05, 0) is 89.8 Å². The maximum absolute atomic E-state index is 2.50. The van der Waals surface area contributed by atoms with E-state index in [4.69, 9.17) is 0 Å². The molecular weight excluding hydrogens is 615 g/mol. The van der Waals surface area contributed by atoms with Crippen LogP contribution in [0.25, 0.3) is 104 Å². The van der Waals surface area contributed by atoms with Gasteiger partial charge in [-0.3, -0.25) is 0 Å². The number of hydrogen-bond donors (Lipinski definition) is 0. The summed E-state index contributed by atoms with van der Waals surface area (Å²) >= 11 is 0. The first-order valence-electron chi connectivity index (χ1n) is 17.7. The first-order chi connectivity index (χ1) is 25.3. The zero-order valence-electron chi connectivity index (χ0n) is 27.8. The Labute approximate surface area is 295 Å². The van der Waals surface area contributed by atoms with Gasteiger partial charge in [-0.1, -0.05) is 164 Å². The van der Waals surface area contributed by atoms with E-state index in [0.29, 0.717) is 0 Å². The van der Waals surface area contributed by atoms with Crippen LogP contribution in [0, 0.1) is 0 Å². The number of aromatic nitrogens is 1. The third-order valence-electron chi connectivity index (χ3n) is 10.9. The smallest absolute Gasteiger partial charge is 0.0625 e. The predicted molar refractivity (Wildman–Crippen MR) is 219 cm³/mol. The summed E-state index contributed by atoms with van der Waals surface area (Å²) in [4.78, 5) is 0. The van der Waals surface area contributed by atoms with E-state index in [1.165, 1.54) is 104 Å². The van der Waals surface area contributed by atoms with E-state index in [-0.39, 0.29) is 0 Å². The zero-order valence-corrected chi connectivity index (χ0v) is 27.8. The molecule has 0 amide bonds. The van der Waals surface area contributed by atoms with Gasteiger partial charge < -0.3 is 4.40 Å². The molecule has 236 valence electrons. The number of rotatable bonds is 3. The van der Waals surface area contributed by atoms with E-state index in [1.807, 2.05) is 0 Å². The molecule has 51 heavy (non-hydrogen) atoms. The fraction of sp³-hybridized carbons (Fsp3) is 0. The van der Waals surface area contributed by atoms with Crippen LogP contribution in [0.1, 0.15) is 0 Å². The highest BCUT2D eigenvalue weighted by Crippen LogP contribution is 2.44. The van der Waals surface area contributed by atoms with Gasteiger partial charge in [0, 0.05) is 21.7 Å². The van der Waals surface area contributed by atoms with Crippen LogP contribution < -0.4 is 0 Å². The molecule has 1 nitrogen and oxygen atoms in total. The van der Waals surface area contributed by atoms with Crippen LogP contribution in [0.3, 0.4) is 0 Å². The van der Waals surface area contributed by atoms with Crippen molar-refractivity contribution in [3.8, 4) is 33.4 Å². The average Bonchev–Trinajstić information content (AvgIpc) is 3.56. The number of para-hydroxylation sites is 1. The van der Waals surface area contributed by atoms with Crippen LogP contribution in [-0.2, 0) is 0 Å². The minimum Gasteiger partial charge on any atom is -0.308 e.